The SMILES string of the molecule is Cc1nsc(C(=O)NC(Cc2ccccn2)C(=O)C(N)=O)c1-c1ccccn1. The molecular formula is C19H17N5O3S. The zero-order valence-electron chi connectivity index (χ0n) is 15.0. The summed E-state index contributed by atoms with van der Waals surface area (Å²) >= 11 is 1.00. The van der Waals surface area contributed by atoms with E-state index in [1.807, 2.05) is 6.07 Å². The molecule has 0 aromatic carbocycles. The van der Waals surface area contributed by atoms with Crippen LogP contribution in [-0.2, 0) is 16.0 Å². The van der Waals surface area contributed by atoms with Crippen molar-refractivity contribution in [3.63, 3.8) is 0 Å². The number of carbonyl (C=O) groups excluding carboxylic acids is 3. The molecule has 0 fully saturated rings. The number of primary amides is 1. The van der Waals surface area contributed by atoms with Crippen molar-refractivity contribution >= 4 is 29.1 Å². The predicted octanol–water partition coefficient (Wildman–Crippen LogP) is 1.30. The summed E-state index contributed by atoms with van der Waals surface area (Å²) in [4.78, 5) is 45.3. The molecule has 3 aromatic rings. The molecule has 3 heterocycles. The maximum absolute atomic E-state index is 12.9. The number of pyridine rings is 2. The number of amides is 2. The first-order valence-electron chi connectivity index (χ1n) is 8.39. The van der Waals surface area contributed by atoms with Crippen molar-refractivity contribution in [2.24, 2.45) is 5.73 Å². The number of ketones is 1. The van der Waals surface area contributed by atoms with Crippen molar-refractivity contribution in [1.82, 2.24) is 19.7 Å². The molecule has 8 nitrogen and oxygen atoms in total. The van der Waals surface area contributed by atoms with Crippen LogP contribution in [-0.4, -0.2) is 38.0 Å². The Hall–Kier alpha value is -3.46. The Morgan fingerprint density at radius 3 is 2.43 bits per heavy atom. The van der Waals surface area contributed by atoms with Crippen LogP contribution in [0.3, 0.4) is 0 Å². The lowest BCUT2D eigenvalue weighted by atomic mass is 10.0. The second kappa shape index (κ2) is 8.49. The lowest BCUT2D eigenvalue weighted by molar-refractivity contribution is -0.137. The molecule has 0 aliphatic heterocycles. The number of carbonyl (C=O) groups is 3. The first-order valence-corrected chi connectivity index (χ1v) is 9.16. The summed E-state index contributed by atoms with van der Waals surface area (Å²) < 4.78 is 4.24. The number of nitrogens with zero attached hydrogens (tertiary/aromatic N) is 3. The molecule has 3 rings (SSSR count). The third kappa shape index (κ3) is 4.26. The first kappa shape index (κ1) is 19.3. The van der Waals surface area contributed by atoms with Crippen molar-refractivity contribution in [1.29, 1.82) is 0 Å². The van der Waals surface area contributed by atoms with Crippen LogP contribution in [0.2, 0.25) is 0 Å². The Labute approximate surface area is 165 Å². The second-order valence-corrected chi connectivity index (χ2v) is 6.74. The second-order valence-electron chi connectivity index (χ2n) is 5.97. The Kier molecular flexibility index (Phi) is 5.85. The molecule has 3 aromatic heterocycles. The highest BCUT2D eigenvalue weighted by atomic mass is 32.1. The van der Waals surface area contributed by atoms with Crippen LogP contribution in [0, 0.1) is 6.92 Å². The average molecular weight is 395 g/mol. The lowest BCUT2D eigenvalue weighted by Crippen LogP contribution is -2.47. The number of rotatable bonds is 7. The summed E-state index contributed by atoms with van der Waals surface area (Å²) in [5.41, 5.74) is 7.54. The van der Waals surface area contributed by atoms with E-state index in [0.717, 1.165) is 11.5 Å². The lowest BCUT2D eigenvalue weighted by Gasteiger charge is -2.16. The summed E-state index contributed by atoms with van der Waals surface area (Å²) in [6.07, 6.45) is 3.23. The number of aryl methyl sites for hydroxylation is 1. The van der Waals surface area contributed by atoms with Gasteiger partial charge in [0.05, 0.1) is 11.4 Å². The van der Waals surface area contributed by atoms with Crippen LogP contribution < -0.4 is 11.1 Å². The number of nitrogens with two attached hydrogens (primary N) is 1. The Balaban J connectivity index is 1.89. The van der Waals surface area contributed by atoms with E-state index in [9.17, 15) is 14.4 Å². The van der Waals surface area contributed by atoms with Gasteiger partial charge in [-0.1, -0.05) is 12.1 Å². The summed E-state index contributed by atoms with van der Waals surface area (Å²) in [5, 5.41) is 2.60. The maximum Gasteiger partial charge on any atom is 0.287 e. The number of hydrogen-bond acceptors (Lipinski definition) is 7. The molecule has 3 N–H and O–H groups in total. The van der Waals surface area contributed by atoms with Gasteiger partial charge in [-0.05, 0) is 42.7 Å². The highest BCUT2D eigenvalue weighted by molar-refractivity contribution is 7.08. The molecule has 0 radical (unpaired) electrons. The Bertz CT molecular complexity index is 1000. The minimum atomic E-state index is -1.13. The van der Waals surface area contributed by atoms with Crippen LogP contribution in [0.1, 0.15) is 21.1 Å². The topological polar surface area (TPSA) is 128 Å². The number of hydrogen-bond donors (Lipinski definition) is 2. The van der Waals surface area contributed by atoms with Gasteiger partial charge in [0.25, 0.3) is 11.8 Å². The molecule has 0 aliphatic rings. The molecule has 0 aliphatic carbocycles. The normalized spacial score (nSPS) is 11.6. The number of aromatic nitrogens is 3. The van der Waals surface area contributed by atoms with Crippen LogP contribution in [0.4, 0.5) is 0 Å². The van der Waals surface area contributed by atoms with Gasteiger partial charge >= 0.3 is 0 Å². The molecule has 9 heteroatoms. The van der Waals surface area contributed by atoms with Crippen LogP contribution in [0.15, 0.2) is 48.8 Å². The van der Waals surface area contributed by atoms with E-state index in [0.29, 0.717) is 27.5 Å². The van der Waals surface area contributed by atoms with Gasteiger partial charge in [0, 0.05) is 30.1 Å². The van der Waals surface area contributed by atoms with Crippen molar-refractivity contribution in [3.8, 4) is 11.3 Å². The van der Waals surface area contributed by atoms with Gasteiger partial charge in [-0.25, -0.2) is 0 Å². The third-order valence-electron chi connectivity index (χ3n) is 3.99. The predicted molar refractivity (Wildman–Crippen MR) is 103 cm³/mol. The fraction of sp³-hybridized carbons (Fsp3) is 0.158. The van der Waals surface area contributed by atoms with E-state index in [-0.39, 0.29) is 6.42 Å². The van der Waals surface area contributed by atoms with Gasteiger partial charge in [0.1, 0.15) is 10.9 Å². The highest BCUT2D eigenvalue weighted by Crippen LogP contribution is 2.28. The van der Waals surface area contributed by atoms with E-state index < -0.39 is 23.6 Å². The van der Waals surface area contributed by atoms with E-state index in [1.165, 1.54) is 0 Å². The minimum absolute atomic E-state index is 0.0467. The summed E-state index contributed by atoms with van der Waals surface area (Å²) in [6, 6.07) is 9.40. The highest BCUT2D eigenvalue weighted by Gasteiger charge is 2.28. The minimum Gasteiger partial charge on any atom is -0.363 e. The van der Waals surface area contributed by atoms with Crippen molar-refractivity contribution in [2.75, 3.05) is 0 Å². The molecule has 0 bridgehead atoms. The van der Waals surface area contributed by atoms with Crippen molar-refractivity contribution in [2.45, 2.75) is 19.4 Å². The molecule has 0 saturated carbocycles. The first-order chi connectivity index (χ1) is 13.5. The molecule has 0 saturated heterocycles. The average Bonchev–Trinajstić information content (AvgIpc) is 3.09. The van der Waals surface area contributed by atoms with Gasteiger partial charge < -0.3 is 11.1 Å². The summed E-state index contributed by atoms with van der Waals surface area (Å²) in [6.45, 7) is 1.78. The van der Waals surface area contributed by atoms with Crippen LogP contribution >= 0.6 is 11.5 Å². The monoisotopic (exact) mass is 395 g/mol. The molecule has 28 heavy (non-hydrogen) atoms. The van der Waals surface area contributed by atoms with E-state index in [4.69, 9.17) is 5.73 Å². The largest absolute Gasteiger partial charge is 0.363 e. The molecule has 1 unspecified atom stereocenters. The van der Waals surface area contributed by atoms with E-state index in [1.54, 1.807) is 49.6 Å². The molecule has 0 spiro atoms. The fourth-order valence-electron chi connectivity index (χ4n) is 2.67. The smallest absolute Gasteiger partial charge is 0.287 e. The fourth-order valence-corrected chi connectivity index (χ4v) is 3.47. The van der Waals surface area contributed by atoms with E-state index >= 15 is 0 Å². The molecule has 1 atom stereocenters. The third-order valence-corrected chi connectivity index (χ3v) is 4.93. The molecule has 2 amide bonds. The van der Waals surface area contributed by atoms with E-state index in [2.05, 4.69) is 19.7 Å². The number of nitrogens with one attached hydrogen (secondary N) is 1. The zero-order chi connectivity index (χ0) is 20.1. The van der Waals surface area contributed by atoms with Crippen LogP contribution in [0.25, 0.3) is 11.3 Å². The standard InChI is InChI=1S/C19H17N5O3S/c1-11-15(13-7-3-5-9-22-13)17(28-24-11)19(27)23-14(16(25)18(20)26)10-12-6-2-4-8-21-12/h2-9,14H,10H2,1H3,(H2,20,26)(H,23,27). The molecular weight excluding hydrogens is 378 g/mol. The van der Waals surface area contributed by atoms with Gasteiger partial charge in [-0.15, -0.1) is 0 Å². The van der Waals surface area contributed by atoms with Gasteiger partial charge in [-0.2, -0.15) is 4.37 Å². The Morgan fingerprint density at radius 2 is 1.82 bits per heavy atom. The van der Waals surface area contributed by atoms with Crippen molar-refractivity contribution < 1.29 is 14.4 Å². The quantitative estimate of drug-likeness (QED) is 0.581. The summed E-state index contributed by atoms with van der Waals surface area (Å²) in [7, 11) is 0. The maximum atomic E-state index is 12.9. The van der Waals surface area contributed by atoms with Crippen molar-refractivity contribution in [3.05, 3.63) is 65.1 Å². The van der Waals surface area contributed by atoms with Crippen LogP contribution in [0.5, 0.6) is 0 Å². The molecule has 142 valence electrons. The number of Topliss-reactive ketones (excluding diaryl/α,β-unsaturated/α-hetero) is 1. The van der Waals surface area contributed by atoms with Gasteiger partial charge in [0.2, 0.25) is 5.78 Å². The summed E-state index contributed by atoms with van der Waals surface area (Å²) in [5.74, 6) is -2.53. The Morgan fingerprint density at radius 1 is 1.11 bits per heavy atom. The zero-order valence-corrected chi connectivity index (χ0v) is 15.8. The van der Waals surface area contributed by atoms with Gasteiger partial charge in [0.15, 0.2) is 0 Å². The van der Waals surface area contributed by atoms with Gasteiger partial charge in [-0.3, -0.25) is 24.4 Å².